The summed E-state index contributed by atoms with van der Waals surface area (Å²) >= 11 is 0. The third-order valence-corrected chi connectivity index (χ3v) is 3.54. The molecule has 114 valence electrons. The zero-order valence-corrected chi connectivity index (χ0v) is 12.8. The van der Waals surface area contributed by atoms with Crippen molar-refractivity contribution >= 4 is 5.96 Å². The summed E-state index contributed by atoms with van der Waals surface area (Å²) in [5, 5.41) is 6.59. The van der Waals surface area contributed by atoms with Crippen molar-refractivity contribution in [2.75, 3.05) is 6.54 Å². The first-order valence-electron chi connectivity index (χ1n) is 7.60. The molecule has 0 fully saturated rings. The summed E-state index contributed by atoms with van der Waals surface area (Å²) in [6.07, 6.45) is 0. The summed E-state index contributed by atoms with van der Waals surface area (Å²) in [4.78, 5) is 4.38. The number of aliphatic imine (C=N–C) groups is 1. The van der Waals surface area contributed by atoms with Crippen molar-refractivity contribution in [3.05, 3.63) is 65.7 Å². The Hall–Kier alpha value is -2.49. The van der Waals surface area contributed by atoms with Crippen molar-refractivity contribution in [1.82, 2.24) is 10.6 Å². The second-order valence-corrected chi connectivity index (χ2v) is 5.51. The normalized spacial score (nSPS) is 16.8. The Morgan fingerprint density at radius 1 is 1.09 bits per heavy atom. The lowest BCUT2D eigenvalue weighted by atomic mass is 10.2. The topological polar surface area (TPSA) is 45.7 Å². The van der Waals surface area contributed by atoms with Crippen molar-refractivity contribution in [3.8, 4) is 5.75 Å². The molecule has 0 spiro atoms. The van der Waals surface area contributed by atoms with Gasteiger partial charge in [0.05, 0.1) is 6.54 Å². The fourth-order valence-corrected chi connectivity index (χ4v) is 2.29. The molecule has 2 aromatic rings. The number of guanidine groups is 1. The Labute approximate surface area is 131 Å². The van der Waals surface area contributed by atoms with Crippen LogP contribution in [0.5, 0.6) is 5.75 Å². The molecule has 1 atom stereocenters. The van der Waals surface area contributed by atoms with Crippen LogP contribution in [0.15, 0.2) is 59.6 Å². The minimum absolute atomic E-state index is 0.427. The first kappa shape index (κ1) is 14.4. The van der Waals surface area contributed by atoms with E-state index in [4.69, 9.17) is 4.74 Å². The average Bonchev–Trinajstić information content (AvgIpc) is 2.98. The van der Waals surface area contributed by atoms with Crippen LogP contribution in [0.25, 0.3) is 0 Å². The summed E-state index contributed by atoms with van der Waals surface area (Å²) in [7, 11) is 0. The van der Waals surface area contributed by atoms with E-state index >= 15 is 0 Å². The van der Waals surface area contributed by atoms with Gasteiger partial charge < -0.3 is 15.4 Å². The molecule has 0 bridgehead atoms. The highest BCUT2D eigenvalue weighted by Gasteiger charge is 2.11. The quantitative estimate of drug-likeness (QED) is 0.891. The third kappa shape index (κ3) is 4.01. The molecule has 2 aromatic carbocycles. The lowest BCUT2D eigenvalue weighted by Gasteiger charge is -2.10. The molecule has 2 N–H and O–H groups in total. The zero-order chi connectivity index (χ0) is 15.2. The maximum atomic E-state index is 5.78. The van der Waals surface area contributed by atoms with Crippen molar-refractivity contribution < 1.29 is 4.74 Å². The van der Waals surface area contributed by atoms with E-state index in [0.29, 0.717) is 12.6 Å². The minimum Gasteiger partial charge on any atom is -0.489 e. The summed E-state index contributed by atoms with van der Waals surface area (Å²) < 4.78 is 5.78. The molecule has 1 aliphatic heterocycles. The molecular weight excluding hydrogens is 274 g/mol. The van der Waals surface area contributed by atoms with Gasteiger partial charge in [0, 0.05) is 12.6 Å². The number of ether oxygens (including phenoxy) is 1. The van der Waals surface area contributed by atoms with Crippen LogP contribution in [-0.4, -0.2) is 18.5 Å². The van der Waals surface area contributed by atoms with Gasteiger partial charge in [-0.05, 0) is 30.2 Å². The zero-order valence-electron chi connectivity index (χ0n) is 12.8. The molecule has 0 saturated heterocycles. The van der Waals surface area contributed by atoms with Crippen molar-refractivity contribution in [1.29, 1.82) is 0 Å². The SMILES string of the molecule is CC1CN=C(NCc2ccc(OCc3ccccc3)cc2)N1. The highest BCUT2D eigenvalue weighted by atomic mass is 16.5. The highest BCUT2D eigenvalue weighted by molar-refractivity contribution is 5.81. The van der Waals surface area contributed by atoms with E-state index < -0.39 is 0 Å². The molecular formula is C18H21N3O. The number of benzene rings is 2. The van der Waals surface area contributed by atoms with E-state index in [1.807, 2.05) is 30.3 Å². The fourth-order valence-electron chi connectivity index (χ4n) is 2.29. The van der Waals surface area contributed by atoms with Gasteiger partial charge in [-0.25, -0.2) is 0 Å². The Morgan fingerprint density at radius 2 is 1.86 bits per heavy atom. The largest absolute Gasteiger partial charge is 0.489 e. The van der Waals surface area contributed by atoms with E-state index in [0.717, 1.165) is 24.8 Å². The second kappa shape index (κ2) is 6.98. The number of nitrogens with one attached hydrogen (secondary N) is 2. The summed E-state index contributed by atoms with van der Waals surface area (Å²) in [6, 6.07) is 18.8. The Kier molecular flexibility index (Phi) is 4.59. The van der Waals surface area contributed by atoms with Crippen LogP contribution in [0, 0.1) is 0 Å². The number of hydrogen-bond acceptors (Lipinski definition) is 4. The Balaban J connectivity index is 1.48. The molecule has 0 aromatic heterocycles. The summed E-state index contributed by atoms with van der Waals surface area (Å²) in [5.41, 5.74) is 2.38. The van der Waals surface area contributed by atoms with Gasteiger partial charge in [-0.3, -0.25) is 4.99 Å². The number of nitrogens with zero attached hydrogens (tertiary/aromatic N) is 1. The molecule has 0 saturated carbocycles. The molecule has 0 aliphatic carbocycles. The molecule has 4 nitrogen and oxygen atoms in total. The van der Waals surface area contributed by atoms with Gasteiger partial charge in [0.1, 0.15) is 12.4 Å². The predicted octanol–water partition coefficient (Wildman–Crippen LogP) is 2.70. The average molecular weight is 295 g/mol. The minimum atomic E-state index is 0.427. The molecule has 22 heavy (non-hydrogen) atoms. The van der Waals surface area contributed by atoms with Crippen LogP contribution >= 0.6 is 0 Å². The lowest BCUT2D eigenvalue weighted by Crippen LogP contribution is -2.37. The van der Waals surface area contributed by atoms with Crippen molar-refractivity contribution in [3.63, 3.8) is 0 Å². The van der Waals surface area contributed by atoms with Gasteiger partial charge in [-0.2, -0.15) is 0 Å². The van der Waals surface area contributed by atoms with Crippen molar-refractivity contribution in [2.45, 2.75) is 26.1 Å². The summed E-state index contributed by atoms with van der Waals surface area (Å²) in [5.74, 6) is 1.77. The van der Waals surface area contributed by atoms with Gasteiger partial charge in [-0.1, -0.05) is 42.5 Å². The third-order valence-electron chi connectivity index (χ3n) is 3.54. The van der Waals surface area contributed by atoms with Gasteiger partial charge >= 0.3 is 0 Å². The smallest absolute Gasteiger partial charge is 0.191 e. The Morgan fingerprint density at radius 3 is 2.55 bits per heavy atom. The van der Waals surface area contributed by atoms with Crippen LogP contribution < -0.4 is 15.4 Å². The van der Waals surface area contributed by atoms with E-state index in [1.54, 1.807) is 0 Å². The van der Waals surface area contributed by atoms with E-state index in [1.165, 1.54) is 11.1 Å². The van der Waals surface area contributed by atoms with Gasteiger partial charge in [0.15, 0.2) is 5.96 Å². The van der Waals surface area contributed by atoms with Crippen LogP contribution in [0.3, 0.4) is 0 Å². The van der Waals surface area contributed by atoms with Gasteiger partial charge in [0.2, 0.25) is 0 Å². The second-order valence-electron chi connectivity index (χ2n) is 5.51. The van der Waals surface area contributed by atoms with Crippen LogP contribution in [0.1, 0.15) is 18.1 Å². The first-order valence-corrected chi connectivity index (χ1v) is 7.60. The first-order chi connectivity index (χ1) is 10.8. The molecule has 0 amide bonds. The van der Waals surface area contributed by atoms with Gasteiger partial charge in [-0.15, -0.1) is 0 Å². The summed E-state index contributed by atoms with van der Waals surface area (Å²) in [6.45, 7) is 4.32. The molecule has 4 heteroatoms. The monoisotopic (exact) mass is 295 g/mol. The number of rotatable bonds is 5. The molecule has 1 unspecified atom stereocenters. The van der Waals surface area contributed by atoms with Crippen molar-refractivity contribution in [2.24, 2.45) is 4.99 Å². The molecule has 3 rings (SSSR count). The lowest BCUT2D eigenvalue weighted by molar-refractivity contribution is 0.306. The van der Waals surface area contributed by atoms with E-state index in [9.17, 15) is 0 Å². The maximum absolute atomic E-state index is 5.78. The highest BCUT2D eigenvalue weighted by Crippen LogP contribution is 2.14. The molecule has 1 heterocycles. The fraction of sp³-hybridized carbons (Fsp3) is 0.278. The molecule has 0 radical (unpaired) electrons. The van der Waals surface area contributed by atoms with Crippen LogP contribution in [0.4, 0.5) is 0 Å². The predicted molar refractivity (Wildman–Crippen MR) is 89.0 cm³/mol. The molecule has 1 aliphatic rings. The van der Waals surface area contributed by atoms with Gasteiger partial charge in [0.25, 0.3) is 0 Å². The van der Waals surface area contributed by atoms with Crippen LogP contribution in [-0.2, 0) is 13.2 Å². The van der Waals surface area contributed by atoms with E-state index in [-0.39, 0.29) is 0 Å². The van der Waals surface area contributed by atoms with E-state index in [2.05, 4.69) is 46.8 Å². The standard InChI is InChI=1S/C18H21N3O/c1-14-11-19-18(21-14)20-12-15-7-9-17(10-8-15)22-13-16-5-3-2-4-6-16/h2-10,14H,11-13H2,1H3,(H2,19,20,21). The Bertz CT molecular complexity index is 623. The maximum Gasteiger partial charge on any atom is 0.191 e. The number of hydrogen-bond donors (Lipinski definition) is 2. The van der Waals surface area contributed by atoms with Crippen LogP contribution in [0.2, 0.25) is 0 Å².